The van der Waals surface area contributed by atoms with Crippen LogP contribution in [0.2, 0.25) is 0 Å². The summed E-state index contributed by atoms with van der Waals surface area (Å²) in [5.41, 5.74) is 5.73. The fourth-order valence-electron chi connectivity index (χ4n) is 2.42. The van der Waals surface area contributed by atoms with E-state index in [0.29, 0.717) is 23.9 Å². The summed E-state index contributed by atoms with van der Waals surface area (Å²) in [6, 6.07) is 2.94. The van der Waals surface area contributed by atoms with Crippen LogP contribution in [0.1, 0.15) is 29.4 Å². The van der Waals surface area contributed by atoms with E-state index in [1.54, 1.807) is 4.90 Å². The first kappa shape index (κ1) is 14.0. The minimum atomic E-state index is -0.472. The average molecular weight is 283 g/mol. The summed E-state index contributed by atoms with van der Waals surface area (Å²) in [5, 5.41) is 10.6. The highest BCUT2D eigenvalue weighted by Crippen LogP contribution is 2.28. The van der Waals surface area contributed by atoms with Crippen LogP contribution in [0.5, 0.6) is 0 Å². The molecule has 0 spiro atoms. The maximum atomic E-state index is 12.4. The van der Waals surface area contributed by atoms with Gasteiger partial charge in [0.2, 0.25) is 0 Å². The lowest BCUT2D eigenvalue weighted by Gasteiger charge is -2.37. The van der Waals surface area contributed by atoms with Crippen molar-refractivity contribution in [2.24, 2.45) is 11.7 Å². The summed E-state index contributed by atoms with van der Waals surface area (Å²) in [4.78, 5) is 24.7. The molecule has 2 atom stereocenters. The van der Waals surface area contributed by atoms with Gasteiger partial charge in [0.1, 0.15) is 0 Å². The van der Waals surface area contributed by atoms with Crippen molar-refractivity contribution in [1.29, 1.82) is 0 Å². The molecule has 0 aromatic carbocycles. The molecule has 0 bridgehead atoms. The van der Waals surface area contributed by atoms with Crippen LogP contribution in [0.15, 0.2) is 12.1 Å². The molecule has 2 rings (SSSR count). The first-order valence-electron chi connectivity index (χ1n) is 6.28. The number of likely N-dealkylation sites (tertiary alicyclic amines) is 1. The average Bonchev–Trinajstić information content (AvgIpc) is 2.87. The molecule has 1 saturated heterocycles. The lowest BCUT2D eigenvalue weighted by molar-refractivity contribution is -0.380. The molecule has 2 heterocycles. The molecule has 7 heteroatoms. The Morgan fingerprint density at radius 3 is 2.95 bits per heavy atom. The van der Waals surface area contributed by atoms with Crippen molar-refractivity contribution in [2.75, 3.05) is 13.1 Å². The van der Waals surface area contributed by atoms with Crippen molar-refractivity contribution in [3.63, 3.8) is 0 Å². The van der Waals surface area contributed by atoms with Crippen LogP contribution in [0, 0.1) is 16.0 Å². The van der Waals surface area contributed by atoms with E-state index >= 15 is 0 Å². The molecular weight excluding hydrogens is 266 g/mol. The molecular formula is C12H17N3O3S. The summed E-state index contributed by atoms with van der Waals surface area (Å²) in [5.74, 6) is 0.427. The summed E-state index contributed by atoms with van der Waals surface area (Å²) in [7, 11) is 0. The van der Waals surface area contributed by atoms with Crippen molar-refractivity contribution >= 4 is 22.2 Å². The Morgan fingerprint density at radius 2 is 2.37 bits per heavy atom. The number of carbonyl (C=O) groups excluding carboxylic acids is 1. The third kappa shape index (κ3) is 2.93. The third-order valence-electron chi connectivity index (χ3n) is 3.49. The van der Waals surface area contributed by atoms with E-state index in [2.05, 4.69) is 6.92 Å². The molecule has 0 radical (unpaired) electrons. The van der Waals surface area contributed by atoms with Gasteiger partial charge in [0.25, 0.3) is 5.91 Å². The normalized spacial score (nSPS) is 23.4. The first-order chi connectivity index (χ1) is 9.02. The smallest absolute Gasteiger partial charge is 0.324 e. The molecule has 1 aliphatic heterocycles. The zero-order valence-corrected chi connectivity index (χ0v) is 11.6. The summed E-state index contributed by atoms with van der Waals surface area (Å²) < 4.78 is 0. The van der Waals surface area contributed by atoms with Crippen LogP contribution in [0.4, 0.5) is 5.00 Å². The monoisotopic (exact) mass is 283 g/mol. The SMILES string of the molecule is CC1CCN(C(=O)c2ccc([N+](=O)[O-])s2)C(CN)C1. The van der Waals surface area contributed by atoms with Gasteiger partial charge < -0.3 is 10.6 Å². The van der Waals surface area contributed by atoms with Gasteiger partial charge in [0, 0.05) is 25.2 Å². The van der Waals surface area contributed by atoms with Gasteiger partial charge in [-0.05, 0) is 24.8 Å². The number of carbonyl (C=O) groups is 1. The second-order valence-corrected chi connectivity index (χ2v) is 5.97. The van der Waals surface area contributed by atoms with Crippen LogP contribution < -0.4 is 5.73 Å². The molecule has 1 amide bonds. The number of piperidine rings is 1. The molecule has 0 aliphatic carbocycles. The van der Waals surface area contributed by atoms with Gasteiger partial charge in [0.05, 0.1) is 9.80 Å². The topological polar surface area (TPSA) is 89.5 Å². The number of nitrogens with two attached hydrogens (primary N) is 1. The Labute approximate surface area is 115 Å². The maximum Gasteiger partial charge on any atom is 0.324 e. The number of hydrogen-bond acceptors (Lipinski definition) is 5. The Morgan fingerprint density at radius 1 is 1.63 bits per heavy atom. The minimum absolute atomic E-state index is 0.00183. The van der Waals surface area contributed by atoms with Crippen molar-refractivity contribution in [3.8, 4) is 0 Å². The third-order valence-corrected chi connectivity index (χ3v) is 4.52. The van der Waals surface area contributed by atoms with E-state index in [9.17, 15) is 14.9 Å². The van der Waals surface area contributed by atoms with E-state index in [-0.39, 0.29) is 17.0 Å². The fraction of sp³-hybridized carbons (Fsp3) is 0.583. The van der Waals surface area contributed by atoms with Gasteiger partial charge in [-0.1, -0.05) is 18.3 Å². The molecule has 6 nitrogen and oxygen atoms in total. The molecule has 2 unspecified atom stereocenters. The lowest BCUT2D eigenvalue weighted by Crippen LogP contribution is -2.49. The van der Waals surface area contributed by atoms with Crippen LogP contribution in [-0.2, 0) is 0 Å². The fourth-order valence-corrected chi connectivity index (χ4v) is 3.20. The number of amides is 1. The summed E-state index contributed by atoms with van der Waals surface area (Å²) >= 11 is 0.925. The van der Waals surface area contributed by atoms with Crippen molar-refractivity contribution in [1.82, 2.24) is 4.90 Å². The lowest BCUT2D eigenvalue weighted by atomic mass is 9.92. The highest BCUT2D eigenvalue weighted by molar-refractivity contribution is 7.17. The number of rotatable bonds is 3. The molecule has 1 aliphatic rings. The predicted molar refractivity (Wildman–Crippen MR) is 73.3 cm³/mol. The molecule has 1 aromatic rings. The van der Waals surface area contributed by atoms with Gasteiger partial charge in [0.15, 0.2) is 0 Å². The van der Waals surface area contributed by atoms with Crippen LogP contribution in [0.25, 0.3) is 0 Å². The minimum Gasteiger partial charge on any atom is -0.334 e. The Balaban J connectivity index is 2.15. The molecule has 1 aromatic heterocycles. The molecule has 104 valence electrons. The van der Waals surface area contributed by atoms with Crippen LogP contribution in [-0.4, -0.2) is 34.9 Å². The van der Waals surface area contributed by atoms with E-state index in [4.69, 9.17) is 5.73 Å². The van der Waals surface area contributed by atoms with E-state index in [1.165, 1.54) is 12.1 Å². The zero-order valence-electron chi connectivity index (χ0n) is 10.7. The van der Waals surface area contributed by atoms with Crippen LogP contribution in [0.3, 0.4) is 0 Å². The van der Waals surface area contributed by atoms with Gasteiger partial charge in [-0.2, -0.15) is 0 Å². The van der Waals surface area contributed by atoms with Crippen molar-refractivity contribution in [2.45, 2.75) is 25.8 Å². The van der Waals surface area contributed by atoms with Gasteiger partial charge in [-0.3, -0.25) is 14.9 Å². The second-order valence-electron chi connectivity index (χ2n) is 4.91. The highest BCUT2D eigenvalue weighted by Gasteiger charge is 2.30. The molecule has 1 fully saturated rings. The number of nitro groups is 1. The molecule has 19 heavy (non-hydrogen) atoms. The van der Waals surface area contributed by atoms with E-state index < -0.39 is 4.92 Å². The Bertz CT molecular complexity index is 488. The number of nitrogens with zero attached hydrogens (tertiary/aromatic N) is 2. The van der Waals surface area contributed by atoms with Crippen LogP contribution >= 0.6 is 11.3 Å². The Kier molecular flexibility index (Phi) is 4.16. The molecule has 2 N–H and O–H groups in total. The maximum absolute atomic E-state index is 12.4. The summed E-state index contributed by atoms with van der Waals surface area (Å²) in [6.07, 6.45) is 1.85. The van der Waals surface area contributed by atoms with Gasteiger partial charge in [-0.15, -0.1) is 0 Å². The number of hydrogen-bond donors (Lipinski definition) is 1. The number of thiophene rings is 1. The van der Waals surface area contributed by atoms with Crippen molar-refractivity contribution in [3.05, 3.63) is 27.1 Å². The Hall–Kier alpha value is -1.47. The standard InChI is InChI=1S/C12H17N3O3S/c1-8-4-5-14(9(6-8)7-13)12(16)10-2-3-11(19-10)15(17)18/h2-3,8-9H,4-7,13H2,1H3. The van der Waals surface area contributed by atoms with Gasteiger partial charge in [-0.25, -0.2) is 0 Å². The zero-order chi connectivity index (χ0) is 14.0. The second kappa shape index (κ2) is 5.66. The van der Waals surface area contributed by atoms with E-state index in [0.717, 1.165) is 24.2 Å². The predicted octanol–water partition coefficient (Wildman–Crippen LogP) is 1.86. The van der Waals surface area contributed by atoms with E-state index in [1.807, 2.05) is 0 Å². The molecule has 0 saturated carbocycles. The quantitative estimate of drug-likeness (QED) is 0.677. The van der Waals surface area contributed by atoms with Crippen molar-refractivity contribution < 1.29 is 9.72 Å². The first-order valence-corrected chi connectivity index (χ1v) is 7.09. The highest BCUT2D eigenvalue weighted by atomic mass is 32.1. The summed E-state index contributed by atoms with van der Waals surface area (Å²) in [6.45, 7) is 3.26. The van der Waals surface area contributed by atoms with Gasteiger partial charge >= 0.3 is 5.00 Å². The largest absolute Gasteiger partial charge is 0.334 e.